The average Bonchev–Trinajstić information content (AvgIpc) is 2.13. The molecule has 0 saturated heterocycles. The van der Waals surface area contributed by atoms with Crippen molar-refractivity contribution < 1.29 is 14.7 Å². The predicted octanol–water partition coefficient (Wildman–Crippen LogP) is 2.16. The van der Waals surface area contributed by atoms with Crippen LogP contribution in [-0.4, -0.2) is 16.6 Å². The van der Waals surface area contributed by atoms with Crippen LogP contribution in [0.2, 0.25) is 0 Å². The van der Waals surface area contributed by atoms with E-state index in [1.165, 1.54) is 6.07 Å². The van der Waals surface area contributed by atoms with E-state index in [9.17, 15) is 9.90 Å². The highest BCUT2D eigenvalue weighted by molar-refractivity contribution is 5.96. The van der Waals surface area contributed by atoms with Crippen LogP contribution in [0.3, 0.4) is 0 Å². The van der Waals surface area contributed by atoms with Gasteiger partial charge in [0.25, 0.3) is 5.91 Å². The molecule has 0 atom stereocenters. The average molecular weight is 223 g/mol. The molecule has 1 rings (SSSR count). The maximum absolute atomic E-state index is 11.6. The van der Waals surface area contributed by atoms with Crippen molar-refractivity contribution >= 4 is 5.91 Å². The molecule has 0 aliphatic carbocycles. The zero-order valence-corrected chi connectivity index (χ0v) is 10.00. The van der Waals surface area contributed by atoms with Gasteiger partial charge >= 0.3 is 0 Å². The number of phenols is 1. The number of aromatic hydroxyl groups is 1. The number of hydrogen-bond acceptors (Lipinski definition) is 3. The summed E-state index contributed by atoms with van der Waals surface area (Å²) in [5.41, 5.74) is 2.94. The van der Waals surface area contributed by atoms with Crippen LogP contribution in [0.4, 0.5) is 0 Å². The monoisotopic (exact) mass is 223 g/mol. The third kappa shape index (κ3) is 3.55. The highest BCUT2D eigenvalue weighted by atomic mass is 16.7. The lowest BCUT2D eigenvalue weighted by Crippen LogP contribution is -2.33. The van der Waals surface area contributed by atoms with E-state index in [0.717, 1.165) is 5.56 Å². The van der Waals surface area contributed by atoms with Crippen molar-refractivity contribution in [3.8, 4) is 5.75 Å². The van der Waals surface area contributed by atoms with Crippen molar-refractivity contribution in [2.24, 2.45) is 0 Å². The zero-order valence-electron chi connectivity index (χ0n) is 10.00. The van der Waals surface area contributed by atoms with Gasteiger partial charge in [0.2, 0.25) is 0 Å². The van der Waals surface area contributed by atoms with Crippen molar-refractivity contribution in [2.45, 2.75) is 33.3 Å². The van der Waals surface area contributed by atoms with Crippen LogP contribution in [0, 0.1) is 6.92 Å². The zero-order chi connectivity index (χ0) is 12.3. The molecule has 1 aromatic carbocycles. The first-order chi connectivity index (χ1) is 7.29. The third-order valence-electron chi connectivity index (χ3n) is 1.85. The van der Waals surface area contributed by atoms with Gasteiger partial charge in [-0.25, -0.2) is 5.48 Å². The summed E-state index contributed by atoms with van der Waals surface area (Å²) in [4.78, 5) is 16.7. The number of amides is 1. The van der Waals surface area contributed by atoms with Gasteiger partial charge in [-0.2, -0.15) is 0 Å². The fraction of sp³-hybridized carbons (Fsp3) is 0.417. The molecule has 0 fully saturated rings. The van der Waals surface area contributed by atoms with E-state index >= 15 is 0 Å². The second kappa shape index (κ2) is 4.53. The van der Waals surface area contributed by atoms with Crippen molar-refractivity contribution in [1.82, 2.24) is 5.48 Å². The Balaban J connectivity index is 2.74. The Morgan fingerprint density at radius 1 is 1.38 bits per heavy atom. The van der Waals surface area contributed by atoms with Crippen LogP contribution < -0.4 is 5.48 Å². The van der Waals surface area contributed by atoms with E-state index in [1.807, 2.05) is 27.7 Å². The summed E-state index contributed by atoms with van der Waals surface area (Å²) in [5.74, 6) is -0.498. The van der Waals surface area contributed by atoms with Gasteiger partial charge in [-0.15, -0.1) is 0 Å². The summed E-state index contributed by atoms with van der Waals surface area (Å²) in [6, 6.07) is 4.85. The summed E-state index contributed by atoms with van der Waals surface area (Å²) in [5, 5.41) is 9.57. The summed E-state index contributed by atoms with van der Waals surface area (Å²) in [6.45, 7) is 7.31. The maximum Gasteiger partial charge on any atom is 0.278 e. The van der Waals surface area contributed by atoms with E-state index in [4.69, 9.17) is 4.84 Å². The topological polar surface area (TPSA) is 58.6 Å². The lowest BCUT2D eigenvalue weighted by molar-refractivity contribution is -0.0590. The van der Waals surface area contributed by atoms with Crippen LogP contribution in [0.15, 0.2) is 18.2 Å². The van der Waals surface area contributed by atoms with Gasteiger partial charge < -0.3 is 5.11 Å². The SMILES string of the molecule is Cc1ccc(C(=O)NOC(C)(C)C)c(O)c1. The van der Waals surface area contributed by atoms with Crippen molar-refractivity contribution in [2.75, 3.05) is 0 Å². The molecule has 2 N–H and O–H groups in total. The van der Waals surface area contributed by atoms with Crippen LogP contribution in [-0.2, 0) is 4.84 Å². The third-order valence-corrected chi connectivity index (χ3v) is 1.85. The molecular weight excluding hydrogens is 206 g/mol. The highest BCUT2D eigenvalue weighted by Gasteiger charge is 2.16. The number of benzene rings is 1. The fourth-order valence-corrected chi connectivity index (χ4v) is 1.09. The smallest absolute Gasteiger partial charge is 0.278 e. The van der Waals surface area contributed by atoms with Gasteiger partial charge in [-0.1, -0.05) is 6.07 Å². The molecule has 0 spiro atoms. The van der Waals surface area contributed by atoms with E-state index < -0.39 is 11.5 Å². The first kappa shape index (κ1) is 12.5. The lowest BCUT2D eigenvalue weighted by Gasteiger charge is -2.19. The van der Waals surface area contributed by atoms with Crippen molar-refractivity contribution in [3.63, 3.8) is 0 Å². The Hall–Kier alpha value is -1.55. The molecule has 0 heterocycles. The number of hydroxylamine groups is 1. The Labute approximate surface area is 95.2 Å². The van der Waals surface area contributed by atoms with E-state index in [1.54, 1.807) is 12.1 Å². The van der Waals surface area contributed by atoms with Gasteiger partial charge in [-0.05, 0) is 45.4 Å². The minimum absolute atomic E-state index is 0.0463. The number of phenolic OH excluding ortho intramolecular Hbond substituents is 1. The molecule has 0 aliphatic heterocycles. The molecule has 16 heavy (non-hydrogen) atoms. The Morgan fingerprint density at radius 3 is 2.50 bits per heavy atom. The molecule has 4 heteroatoms. The first-order valence-corrected chi connectivity index (χ1v) is 5.07. The van der Waals surface area contributed by atoms with Gasteiger partial charge in [-0.3, -0.25) is 9.63 Å². The standard InChI is InChI=1S/C12H17NO3/c1-8-5-6-9(10(14)7-8)11(15)13-16-12(2,3)4/h5-7,14H,1-4H3,(H,13,15). The van der Waals surface area contributed by atoms with Crippen molar-refractivity contribution in [3.05, 3.63) is 29.3 Å². The Kier molecular flexibility index (Phi) is 3.55. The number of aryl methyl sites for hydroxylation is 1. The molecule has 0 bridgehead atoms. The summed E-state index contributed by atoms with van der Waals surface area (Å²) < 4.78 is 0. The van der Waals surface area contributed by atoms with Crippen LogP contribution in [0.25, 0.3) is 0 Å². The summed E-state index contributed by atoms with van der Waals surface area (Å²) >= 11 is 0. The minimum Gasteiger partial charge on any atom is -0.507 e. The van der Waals surface area contributed by atoms with Gasteiger partial charge in [0.05, 0.1) is 11.2 Å². The quantitative estimate of drug-likeness (QED) is 0.755. The maximum atomic E-state index is 11.6. The number of rotatable bonds is 2. The van der Waals surface area contributed by atoms with Gasteiger partial charge in [0.1, 0.15) is 5.75 Å². The van der Waals surface area contributed by atoms with Gasteiger partial charge in [0.15, 0.2) is 0 Å². The number of nitrogens with one attached hydrogen (secondary N) is 1. The molecule has 88 valence electrons. The molecule has 0 unspecified atom stereocenters. The number of carbonyl (C=O) groups is 1. The fourth-order valence-electron chi connectivity index (χ4n) is 1.09. The Morgan fingerprint density at radius 2 is 2.00 bits per heavy atom. The minimum atomic E-state index is -0.462. The second-order valence-electron chi connectivity index (χ2n) is 4.67. The second-order valence-corrected chi connectivity index (χ2v) is 4.67. The number of carbonyl (C=O) groups excluding carboxylic acids is 1. The molecule has 0 aliphatic rings. The Bertz CT molecular complexity index is 394. The predicted molar refractivity (Wildman–Crippen MR) is 61.1 cm³/mol. The molecule has 1 amide bonds. The van der Waals surface area contributed by atoms with E-state index in [-0.39, 0.29) is 11.3 Å². The van der Waals surface area contributed by atoms with Crippen molar-refractivity contribution in [1.29, 1.82) is 0 Å². The lowest BCUT2D eigenvalue weighted by atomic mass is 10.1. The molecule has 4 nitrogen and oxygen atoms in total. The molecule has 0 radical (unpaired) electrons. The molecular formula is C12H17NO3. The van der Waals surface area contributed by atoms with Crippen LogP contribution >= 0.6 is 0 Å². The number of hydrogen-bond donors (Lipinski definition) is 2. The highest BCUT2D eigenvalue weighted by Crippen LogP contribution is 2.18. The molecule has 0 saturated carbocycles. The van der Waals surface area contributed by atoms with Crippen LogP contribution in [0.1, 0.15) is 36.7 Å². The molecule has 0 aromatic heterocycles. The van der Waals surface area contributed by atoms with E-state index in [0.29, 0.717) is 0 Å². The summed E-state index contributed by atoms with van der Waals surface area (Å²) in [6.07, 6.45) is 0. The first-order valence-electron chi connectivity index (χ1n) is 5.07. The normalized spacial score (nSPS) is 11.2. The molecule has 1 aromatic rings. The van der Waals surface area contributed by atoms with Gasteiger partial charge in [0, 0.05) is 0 Å². The van der Waals surface area contributed by atoms with E-state index in [2.05, 4.69) is 5.48 Å². The van der Waals surface area contributed by atoms with Crippen LogP contribution in [0.5, 0.6) is 5.75 Å². The largest absolute Gasteiger partial charge is 0.507 e. The summed E-state index contributed by atoms with van der Waals surface area (Å²) in [7, 11) is 0.